The highest BCUT2D eigenvalue weighted by atomic mass is 32.2. The van der Waals surface area contributed by atoms with E-state index in [1.165, 1.54) is 11.9 Å². The van der Waals surface area contributed by atoms with Crippen molar-refractivity contribution in [3.63, 3.8) is 0 Å². The molecule has 2 amide bonds. The van der Waals surface area contributed by atoms with E-state index in [-0.39, 0.29) is 6.03 Å². The summed E-state index contributed by atoms with van der Waals surface area (Å²) in [7, 11) is 0. The maximum absolute atomic E-state index is 12.7. The molecule has 0 radical (unpaired) electrons. The molecule has 1 aliphatic rings. The molecule has 2 aromatic rings. The number of rotatable bonds is 3. The molecule has 4 nitrogen and oxygen atoms in total. The van der Waals surface area contributed by atoms with Gasteiger partial charge in [-0.2, -0.15) is 0 Å². The van der Waals surface area contributed by atoms with Crippen molar-refractivity contribution in [1.29, 1.82) is 0 Å². The van der Waals surface area contributed by atoms with Crippen molar-refractivity contribution in [2.75, 3.05) is 17.2 Å². The van der Waals surface area contributed by atoms with Crippen LogP contribution in [0.2, 0.25) is 0 Å². The number of carbonyl (C=O) groups is 1. The molecule has 2 aromatic carbocycles. The van der Waals surface area contributed by atoms with Gasteiger partial charge in [0.1, 0.15) is 0 Å². The van der Waals surface area contributed by atoms with Gasteiger partial charge in [0.2, 0.25) is 0 Å². The van der Waals surface area contributed by atoms with Crippen LogP contribution in [0, 0.1) is 0 Å². The van der Waals surface area contributed by atoms with E-state index in [1.807, 2.05) is 60.7 Å². The first-order valence-corrected chi connectivity index (χ1v) is 8.08. The second-order valence-electron chi connectivity index (χ2n) is 4.83. The van der Waals surface area contributed by atoms with E-state index >= 15 is 0 Å². The van der Waals surface area contributed by atoms with Crippen molar-refractivity contribution in [3.8, 4) is 0 Å². The van der Waals surface area contributed by atoms with Gasteiger partial charge in [0.05, 0.1) is 11.4 Å². The summed E-state index contributed by atoms with van der Waals surface area (Å²) in [6, 6.07) is 15.6. The van der Waals surface area contributed by atoms with E-state index in [4.69, 9.17) is 5.73 Å². The highest BCUT2D eigenvalue weighted by Crippen LogP contribution is 2.36. The second-order valence-corrected chi connectivity index (χ2v) is 5.73. The Labute approximate surface area is 134 Å². The maximum atomic E-state index is 12.7. The Hall–Kier alpha value is -2.24. The van der Waals surface area contributed by atoms with E-state index in [1.54, 1.807) is 4.90 Å². The molecular weight excluding hydrogens is 294 g/mol. The summed E-state index contributed by atoms with van der Waals surface area (Å²) in [5.41, 5.74) is 9.24. The van der Waals surface area contributed by atoms with E-state index in [9.17, 15) is 4.79 Å². The van der Waals surface area contributed by atoms with Crippen LogP contribution in [0.4, 0.5) is 16.2 Å². The zero-order valence-electron chi connectivity index (χ0n) is 12.0. The molecule has 112 valence electrons. The monoisotopic (exact) mass is 311 g/mol. The minimum absolute atomic E-state index is 0.165. The van der Waals surface area contributed by atoms with Crippen molar-refractivity contribution in [2.24, 2.45) is 5.73 Å². The number of nitrogens with two attached hydrogens (primary N) is 1. The molecule has 1 heterocycles. The molecule has 3 rings (SSSR count). The molecule has 22 heavy (non-hydrogen) atoms. The molecule has 0 atom stereocenters. The molecule has 0 aliphatic carbocycles. The SMILES string of the molecule is NCCSNC(=O)N1c2ccccc2C=Cc2ccccc21. The van der Waals surface area contributed by atoms with Gasteiger partial charge in [0.25, 0.3) is 0 Å². The average Bonchev–Trinajstić information content (AvgIpc) is 2.72. The first-order valence-electron chi connectivity index (χ1n) is 7.09. The molecule has 1 aliphatic heterocycles. The number of para-hydroxylation sites is 2. The van der Waals surface area contributed by atoms with Crippen LogP contribution >= 0.6 is 11.9 Å². The van der Waals surface area contributed by atoms with Crippen LogP contribution in [-0.2, 0) is 0 Å². The van der Waals surface area contributed by atoms with Crippen LogP contribution in [0.3, 0.4) is 0 Å². The summed E-state index contributed by atoms with van der Waals surface area (Å²) < 4.78 is 2.86. The largest absolute Gasteiger partial charge is 0.336 e. The number of benzene rings is 2. The van der Waals surface area contributed by atoms with Crippen LogP contribution in [0.15, 0.2) is 48.5 Å². The number of nitrogens with one attached hydrogen (secondary N) is 1. The van der Waals surface area contributed by atoms with Crippen LogP contribution in [0.25, 0.3) is 12.2 Å². The van der Waals surface area contributed by atoms with Crippen molar-refractivity contribution < 1.29 is 4.79 Å². The third-order valence-electron chi connectivity index (χ3n) is 3.38. The third kappa shape index (κ3) is 2.86. The topological polar surface area (TPSA) is 58.4 Å². The summed E-state index contributed by atoms with van der Waals surface area (Å²) in [6.07, 6.45) is 4.07. The number of hydrogen-bond donors (Lipinski definition) is 2. The van der Waals surface area contributed by atoms with Gasteiger partial charge in [0.15, 0.2) is 0 Å². The van der Waals surface area contributed by atoms with Gasteiger partial charge >= 0.3 is 6.03 Å². The smallest absolute Gasteiger partial charge is 0.330 e. The molecule has 3 N–H and O–H groups in total. The van der Waals surface area contributed by atoms with Crippen molar-refractivity contribution in [2.45, 2.75) is 0 Å². The Morgan fingerprint density at radius 2 is 1.55 bits per heavy atom. The zero-order chi connectivity index (χ0) is 15.4. The van der Waals surface area contributed by atoms with Gasteiger partial charge in [-0.25, -0.2) is 4.79 Å². The lowest BCUT2D eigenvalue weighted by Gasteiger charge is -2.24. The Balaban J connectivity index is 2.03. The Morgan fingerprint density at radius 3 is 2.09 bits per heavy atom. The Bertz CT molecular complexity index is 665. The molecule has 0 spiro atoms. The molecule has 0 aromatic heterocycles. The van der Waals surface area contributed by atoms with E-state index in [0.717, 1.165) is 22.5 Å². The van der Waals surface area contributed by atoms with Gasteiger partial charge in [-0.05, 0) is 35.2 Å². The summed E-state index contributed by atoms with van der Waals surface area (Å²) >= 11 is 1.32. The lowest BCUT2D eigenvalue weighted by Crippen LogP contribution is -2.34. The minimum Gasteiger partial charge on any atom is -0.330 e. The normalized spacial score (nSPS) is 12.3. The molecule has 0 fully saturated rings. The highest BCUT2D eigenvalue weighted by Gasteiger charge is 2.23. The van der Waals surface area contributed by atoms with Crippen LogP contribution in [0.5, 0.6) is 0 Å². The molecule has 0 bridgehead atoms. The Morgan fingerprint density at radius 1 is 1.00 bits per heavy atom. The first kappa shape index (κ1) is 14.7. The van der Waals surface area contributed by atoms with Crippen molar-refractivity contribution >= 4 is 41.5 Å². The quantitative estimate of drug-likeness (QED) is 0.672. The molecule has 0 unspecified atom stereocenters. The summed E-state index contributed by atoms with van der Waals surface area (Å²) in [5.74, 6) is 0.682. The van der Waals surface area contributed by atoms with Crippen LogP contribution in [0.1, 0.15) is 11.1 Å². The van der Waals surface area contributed by atoms with Gasteiger partial charge in [-0.3, -0.25) is 9.62 Å². The van der Waals surface area contributed by atoms with E-state index < -0.39 is 0 Å². The number of urea groups is 1. The fourth-order valence-corrected chi connectivity index (χ4v) is 2.84. The lowest BCUT2D eigenvalue weighted by atomic mass is 10.1. The van der Waals surface area contributed by atoms with Gasteiger partial charge in [0, 0.05) is 12.3 Å². The molecule has 0 saturated heterocycles. The zero-order valence-corrected chi connectivity index (χ0v) is 12.8. The van der Waals surface area contributed by atoms with Gasteiger partial charge in [-0.15, -0.1) is 0 Å². The highest BCUT2D eigenvalue weighted by molar-refractivity contribution is 7.97. The molecule has 5 heteroatoms. The Kier molecular flexibility index (Phi) is 4.46. The van der Waals surface area contributed by atoms with E-state index in [2.05, 4.69) is 4.72 Å². The number of anilines is 2. The maximum Gasteiger partial charge on any atom is 0.336 e. The van der Waals surface area contributed by atoms with Crippen LogP contribution < -0.4 is 15.4 Å². The fourth-order valence-electron chi connectivity index (χ4n) is 2.41. The number of carbonyl (C=O) groups excluding carboxylic acids is 1. The second kappa shape index (κ2) is 6.68. The number of fused-ring (bicyclic) bond motifs is 2. The average molecular weight is 311 g/mol. The minimum atomic E-state index is -0.165. The van der Waals surface area contributed by atoms with E-state index in [0.29, 0.717) is 12.3 Å². The predicted octanol–water partition coefficient (Wildman–Crippen LogP) is 3.63. The summed E-state index contributed by atoms with van der Waals surface area (Å²) in [4.78, 5) is 14.4. The fraction of sp³-hybridized carbons (Fsp3) is 0.118. The summed E-state index contributed by atoms with van der Waals surface area (Å²) in [6.45, 7) is 0.527. The summed E-state index contributed by atoms with van der Waals surface area (Å²) in [5, 5.41) is 0. The first-order chi connectivity index (χ1) is 10.8. The van der Waals surface area contributed by atoms with Crippen molar-refractivity contribution in [1.82, 2.24) is 4.72 Å². The third-order valence-corrected chi connectivity index (χ3v) is 4.14. The standard InChI is InChI=1S/C17H17N3OS/c18-11-12-22-19-17(21)20-15-7-3-1-5-13(15)9-10-14-6-2-4-8-16(14)20/h1-10H,11-12,18H2,(H,19,21). The number of nitrogens with zero attached hydrogens (tertiary/aromatic N) is 1. The van der Waals surface area contributed by atoms with Gasteiger partial charge in [-0.1, -0.05) is 48.6 Å². The molecular formula is C17H17N3OS. The van der Waals surface area contributed by atoms with Crippen LogP contribution in [-0.4, -0.2) is 18.3 Å². The lowest BCUT2D eigenvalue weighted by molar-refractivity contribution is 0.254. The van der Waals surface area contributed by atoms with Gasteiger partial charge < -0.3 is 5.73 Å². The van der Waals surface area contributed by atoms with Crippen molar-refractivity contribution in [3.05, 3.63) is 59.7 Å². The predicted molar refractivity (Wildman–Crippen MR) is 94.0 cm³/mol. The number of amides is 2. The number of hydrogen-bond acceptors (Lipinski definition) is 3. The molecule has 0 saturated carbocycles.